The van der Waals surface area contributed by atoms with Gasteiger partial charge in [-0.25, -0.2) is 0 Å². The van der Waals surface area contributed by atoms with Crippen molar-refractivity contribution in [3.63, 3.8) is 0 Å². The van der Waals surface area contributed by atoms with E-state index in [1.807, 2.05) is 12.1 Å². The lowest BCUT2D eigenvalue weighted by molar-refractivity contribution is 0.337. The minimum atomic E-state index is -1.56. The molecule has 0 aliphatic heterocycles. The monoisotopic (exact) mass is 338 g/mol. The number of benzene rings is 2. The van der Waals surface area contributed by atoms with Gasteiger partial charge in [-0.15, -0.1) is 0 Å². The first kappa shape index (κ1) is 18.7. The summed E-state index contributed by atoms with van der Waals surface area (Å²) in [5.74, 6) is 0. The minimum absolute atomic E-state index is 0.221. The quantitative estimate of drug-likeness (QED) is 0.688. The van der Waals surface area contributed by atoms with Gasteiger partial charge < -0.3 is 0 Å². The van der Waals surface area contributed by atoms with Gasteiger partial charge >= 0.3 is 0 Å². The predicted octanol–water partition coefficient (Wildman–Crippen LogP) is 4.61. The molecule has 2 rings (SSSR count). The predicted molar refractivity (Wildman–Crippen MR) is 97.0 cm³/mol. The smallest absolute Gasteiger partial charge is 0.170 e. The zero-order chi connectivity index (χ0) is 18.9. The molecule has 0 aliphatic carbocycles. The Morgan fingerprint density at radius 2 is 1.15 bits per heavy atom. The fourth-order valence-corrected chi connectivity index (χ4v) is 3.35. The number of hydrogen-bond acceptors (Lipinski definition) is 4. The van der Waals surface area contributed by atoms with Crippen LogP contribution in [0.4, 0.5) is 0 Å². The molecule has 4 heteroatoms. The van der Waals surface area contributed by atoms with Crippen LogP contribution in [0.1, 0.15) is 36.8 Å². The van der Waals surface area contributed by atoms with E-state index in [1.165, 1.54) is 0 Å². The molecule has 4 nitrogen and oxygen atoms in total. The number of hydrogen-bond donors (Lipinski definition) is 0. The summed E-state index contributed by atoms with van der Waals surface area (Å²) >= 11 is 0. The molecule has 0 N–H and O–H groups in total. The van der Waals surface area contributed by atoms with E-state index in [0.29, 0.717) is 30.4 Å². The molecule has 2 aromatic rings. The van der Waals surface area contributed by atoms with E-state index in [-0.39, 0.29) is 6.42 Å². The maximum Gasteiger partial charge on any atom is 0.170 e. The lowest BCUT2D eigenvalue weighted by Gasteiger charge is -2.38. The van der Waals surface area contributed by atoms with Crippen LogP contribution in [0.15, 0.2) is 60.7 Å². The SMILES string of the molecule is N#CCCCCC(C#N)(C#N)C(C#N)(c1ccccc1)c1ccccc1. The van der Waals surface area contributed by atoms with Crippen molar-refractivity contribution in [1.82, 2.24) is 0 Å². The van der Waals surface area contributed by atoms with E-state index >= 15 is 0 Å². The van der Waals surface area contributed by atoms with Gasteiger partial charge in [0.1, 0.15) is 5.41 Å². The second-order valence-electron chi connectivity index (χ2n) is 6.09. The van der Waals surface area contributed by atoms with E-state index < -0.39 is 10.8 Å². The number of unbranched alkanes of at least 4 members (excludes halogenated alkanes) is 2. The Kier molecular flexibility index (Phi) is 6.11. The molecule has 0 unspecified atom stereocenters. The summed E-state index contributed by atoms with van der Waals surface area (Å²) in [5.41, 5.74) is -1.72. The average molecular weight is 338 g/mol. The average Bonchev–Trinajstić information content (AvgIpc) is 2.72. The summed E-state index contributed by atoms with van der Waals surface area (Å²) in [7, 11) is 0. The molecule has 0 heterocycles. The number of nitriles is 4. The molecule has 0 fully saturated rings. The molecule has 0 saturated heterocycles. The van der Waals surface area contributed by atoms with Gasteiger partial charge in [-0.1, -0.05) is 60.7 Å². The largest absolute Gasteiger partial charge is 0.198 e. The fraction of sp³-hybridized carbons (Fsp3) is 0.273. The van der Waals surface area contributed by atoms with Crippen molar-refractivity contribution in [2.75, 3.05) is 0 Å². The molecule has 2 aromatic carbocycles. The summed E-state index contributed by atoms with van der Waals surface area (Å²) in [6.07, 6.45) is 1.70. The van der Waals surface area contributed by atoms with Crippen LogP contribution in [-0.2, 0) is 5.41 Å². The van der Waals surface area contributed by atoms with Crippen LogP contribution in [0.5, 0.6) is 0 Å². The molecule has 0 aliphatic rings. The van der Waals surface area contributed by atoms with Crippen molar-refractivity contribution in [3.05, 3.63) is 71.8 Å². The van der Waals surface area contributed by atoms with E-state index in [1.54, 1.807) is 48.5 Å². The van der Waals surface area contributed by atoms with Gasteiger partial charge in [-0.3, -0.25) is 0 Å². The lowest BCUT2D eigenvalue weighted by atomic mass is 9.57. The van der Waals surface area contributed by atoms with Gasteiger partial charge in [0.25, 0.3) is 0 Å². The van der Waals surface area contributed by atoms with Gasteiger partial charge in [-0.2, -0.15) is 21.0 Å². The molecule has 26 heavy (non-hydrogen) atoms. The van der Waals surface area contributed by atoms with Crippen LogP contribution < -0.4 is 0 Å². The van der Waals surface area contributed by atoms with Gasteiger partial charge in [0.05, 0.1) is 24.3 Å². The maximum absolute atomic E-state index is 10.3. The van der Waals surface area contributed by atoms with Crippen LogP contribution in [0, 0.1) is 50.7 Å². The van der Waals surface area contributed by atoms with Crippen molar-refractivity contribution < 1.29 is 0 Å². The summed E-state index contributed by atoms with van der Waals surface area (Å²) in [6, 6.07) is 26.8. The molecule has 0 saturated carbocycles. The third kappa shape index (κ3) is 3.15. The zero-order valence-electron chi connectivity index (χ0n) is 14.4. The Labute approximate surface area is 154 Å². The Bertz CT molecular complexity index is 836. The fourth-order valence-electron chi connectivity index (χ4n) is 3.35. The number of rotatable bonds is 7. The van der Waals surface area contributed by atoms with Crippen LogP contribution in [0.2, 0.25) is 0 Å². The Morgan fingerprint density at radius 1 is 0.654 bits per heavy atom. The summed E-state index contributed by atoms with van der Waals surface area (Å²) in [4.78, 5) is 0. The van der Waals surface area contributed by atoms with Crippen LogP contribution in [0.3, 0.4) is 0 Å². The third-order valence-electron chi connectivity index (χ3n) is 4.69. The minimum Gasteiger partial charge on any atom is -0.198 e. The molecule has 126 valence electrons. The van der Waals surface area contributed by atoms with Gasteiger partial charge in [0.15, 0.2) is 5.41 Å². The van der Waals surface area contributed by atoms with Gasteiger partial charge in [0.2, 0.25) is 0 Å². The van der Waals surface area contributed by atoms with E-state index in [0.717, 1.165) is 0 Å². The highest BCUT2D eigenvalue weighted by atomic mass is 14.6. The first-order valence-corrected chi connectivity index (χ1v) is 8.42. The van der Waals surface area contributed by atoms with Crippen LogP contribution >= 0.6 is 0 Å². The topological polar surface area (TPSA) is 95.2 Å². The van der Waals surface area contributed by atoms with E-state index in [2.05, 4.69) is 24.3 Å². The standard InChI is InChI=1S/C22H18N4/c23-15-9-3-8-14-21(16-24,17-25)22(18-26,19-10-4-1-5-11-19)20-12-6-2-7-13-20/h1-2,4-7,10-13H,3,8-9,14H2. The molecule has 0 atom stereocenters. The molecule has 0 aromatic heterocycles. The molecule has 0 radical (unpaired) electrons. The van der Waals surface area contributed by atoms with Crippen LogP contribution in [0.25, 0.3) is 0 Å². The summed E-state index contributed by atoms with van der Waals surface area (Å²) < 4.78 is 0. The zero-order valence-corrected chi connectivity index (χ0v) is 14.4. The second-order valence-corrected chi connectivity index (χ2v) is 6.09. The number of nitrogens with zero attached hydrogens (tertiary/aromatic N) is 4. The van der Waals surface area contributed by atoms with Crippen LogP contribution in [-0.4, -0.2) is 0 Å². The van der Waals surface area contributed by atoms with E-state index in [9.17, 15) is 15.8 Å². The first-order chi connectivity index (χ1) is 12.7. The Balaban J connectivity index is 2.70. The Hall–Kier alpha value is -3.60. The van der Waals surface area contributed by atoms with Crippen molar-refractivity contribution in [1.29, 1.82) is 21.0 Å². The summed E-state index contributed by atoms with van der Waals surface area (Å²) in [5, 5.41) is 39.1. The molecule has 0 spiro atoms. The van der Waals surface area contributed by atoms with Crippen molar-refractivity contribution in [3.8, 4) is 24.3 Å². The Morgan fingerprint density at radius 3 is 1.54 bits per heavy atom. The first-order valence-electron chi connectivity index (χ1n) is 8.42. The third-order valence-corrected chi connectivity index (χ3v) is 4.69. The highest BCUT2D eigenvalue weighted by molar-refractivity contribution is 5.54. The molecular weight excluding hydrogens is 320 g/mol. The normalized spacial score (nSPS) is 10.8. The van der Waals surface area contributed by atoms with Crippen molar-refractivity contribution in [2.45, 2.75) is 31.1 Å². The van der Waals surface area contributed by atoms with E-state index in [4.69, 9.17) is 5.26 Å². The van der Waals surface area contributed by atoms with Crippen molar-refractivity contribution in [2.24, 2.45) is 5.41 Å². The lowest BCUT2D eigenvalue weighted by Crippen LogP contribution is -2.44. The molecule has 0 bridgehead atoms. The van der Waals surface area contributed by atoms with Gasteiger partial charge in [-0.05, 0) is 30.4 Å². The van der Waals surface area contributed by atoms with Gasteiger partial charge in [0, 0.05) is 6.42 Å². The van der Waals surface area contributed by atoms with Crippen molar-refractivity contribution >= 4 is 0 Å². The molecule has 0 amide bonds. The highest BCUT2D eigenvalue weighted by Gasteiger charge is 2.55. The maximum atomic E-state index is 10.3. The molecular formula is C22H18N4. The highest BCUT2D eigenvalue weighted by Crippen LogP contribution is 2.49. The second kappa shape index (κ2) is 8.48. The summed E-state index contributed by atoms with van der Waals surface area (Å²) in [6.45, 7) is 0.